The van der Waals surface area contributed by atoms with Crippen LogP contribution in [0.3, 0.4) is 0 Å². The number of nitrogens with zero attached hydrogens (tertiary/aromatic N) is 1. The summed E-state index contributed by atoms with van der Waals surface area (Å²) >= 11 is 0. The molecule has 0 radical (unpaired) electrons. The van der Waals surface area contributed by atoms with E-state index in [0.717, 1.165) is 18.5 Å². The fourth-order valence-electron chi connectivity index (χ4n) is 1.71. The van der Waals surface area contributed by atoms with Crippen LogP contribution >= 0.6 is 0 Å². The van der Waals surface area contributed by atoms with Gasteiger partial charge in [0.05, 0.1) is 13.3 Å². The van der Waals surface area contributed by atoms with E-state index in [-0.39, 0.29) is 0 Å². The highest BCUT2D eigenvalue weighted by Gasteiger charge is 2.33. The normalized spacial score (nSPS) is 26.4. The summed E-state index contributed by atoms with van der Waals surface area (Å²) in [5, 5.41) is 13.4. The first-order valence-electron chi connectivity index (χ1n) is 4.67. The van der Waals surface area contributed by atoms with Gasteiger partial charge in [-0.2, -0.15) is 0 Å². The molecule has 0 aromatic carbocycles. The van der Waals surface area contributed by atoms with Gasteiger partial charge in [0.1, 0.15) is 11.4 Å². The Kier molecular flexibility index (Phi) is 2.39. The zero-order valence-corrected chi connectivity index (χ0v) is 8.16. The number of hydrogen-bond acceptors (Lipinski definition) is 4. The van der Waals surface area contributed by atoms with Crippen LogP contribution in [0.15, 0.2) is 18.5 Å². The Morgan fingerprint density at radius 3 is 3.07 bits per heavy atom. The Bertz CT molecular complexity index is 322. The predicted molar refractivity (Wildman–Crippen MR) is 52.2 cm³/mol. The Labute approximate surface area is 82.9 Å². The molecular weight excluding hydrogens is 180 g/mol. The van der Waals surface area contributed by atoms with Crippen LogP contribution in [0.4, 0.5) is 0 Å². The average molecular weight is 194 g/mol. The van der Waals surface area contributed by atoms with E-state index in [1.165, 1.54) is 0 Å². The quantitative estimate of drug-likeness (QED) is 0.709. The highest BCUT2D eigenvalue weighted by Crippen LogP contribution is 2.28. The zero-order chi connectivity index (χ0) is 10.0. The number of nitrogens with one attached hydrogen (secondary N) is 1. The molecule has 2 rings (SSSR count). The lowest BCUT2D eigenvalue weighted by molar-refractivity contribution is 0.0581. The van der Waals surface area contributed by atoms with Crippen molar-refractivity contribution >= 4 is 0 Å². The molecule has 0 bridgehead atoms. The van der Waals surface area contributed by atoms with Gasteiger partial charge in [0, 0.05) is 18.3 Å². The van der Waals surface area contributed by atoms with E-state index < -0.39 is 5.60 Å². The third-order valence-corrected chi connectivity index (χ3v) is 2.62. The van der Waals surface area contributed by atoms with Gasteiger partial charge >= 0.3 is 0 Å². The standard InChI is InChI=1S/C10H14N2O2/c1-14-9-4-8(5-12-6-9)10(13)2-3-11-7-10/h4-6,11,13H,2-3,7H2,1H3/t10-/m0/s1. The molecule has 4 nitrogen and oxygen atoms in total. The molecule has 0 aliphatic carbocycles. The molecule has 0 unspecified atom stereocenters. The van der Waals surface area contributed by atoms with Crippen molar-refractivity contribution in [2.45, 2.75) is 12.0 Å². The molecule has 1 fully saturated rings. The van der Waals surface area contributed by atoms with Crippen LogP contribution in [0.5, 0.6) is 5.75 Å². The number of methoxy groups -OCH3 is 1. The van der Waals surface area contributed by atoms with Gasteiger partial charge in [0.25, 0.3) is 0 Å². The number of ether oxygens (including phenoxy) is 1. The molecule has 2 heterocycles. The third kappa shape index (κ3) is 1.58. The lowest BCUT2D eigenvalue weighted by atomic mass is 9.95. The van der Waals surface area contributed by atoms with Crippen molar-refractivity contribution in [3.63, 3.8) is 0 Å². The van der Waals surface area contributed by atoms with Gasteiger partial charge in [0.2, 0.25) is 0 Å². The highest BCUT2D eigenvalue weighted by molar-refractivity contribution is 5.29. The molecule has 1 aliphatic heterocycles. The van der Waals surface area contributed by atoms with E-state index in [2.05, 4.69) is 10.3 Å². The predicted octanol–water partition coefficient (Wildman–Crippen LogP) is 0.271. The van der Waals surface area contributed by atoms with Gasteiger partial charge in [-0.3, -0.25) is 4.98 Å². The van der Waals surface area contributed by atoms with Crippen molar-refractivity contribution in [2.24, 2.45) is 0 Å². The fraction of sp³-hybridized carbons (Fsp3) is 0.500. The van der Waals surface area contributed by atoms with E-state index in [1.807, 2.05) is 6.07 Å². The molecule has 0 saturated carbocycles. The van der Waals surface area contributed by atoms with Gasteiger partial charge < -0.3 is 15.2 Å². The molecule has 4 heteroatoms. The van der Waals surface area contributed by atoms with Crippen molar-refractivity contribution in [2.75, 3.05) is 20.2 Å². The second kappa shape index (κ2) is 3.55. The number of aliphatic hydroxyl groups is 1. The Balaban J connectivity index is 2.30. The first-order valence-corrected chi connectivity index (χ1v) is 4.67. The van der Waals surface area contributed by atoms with Crippen molar-refractivity contribution in [1.29, 1.82) is 0 Å². The van der Waals surface area contributed by atoms with Crippen molar-refractivity contribution in [3.05, 3.63) is 24.0 Å². The van der Waals surface area contributed by atoms with E-state index in [0.29, 0.717) is 12.3 Å². The fourth-order valence-corrected chi connectivity index (χ4v) is 1.71. The highest BCUT2D eigenvalue weighted by atomic mass is 16.5. The Hall–Kier alpha value is -1.13. The summed E-state index contributed by atoms with van der Waals surface area (Å²) in [4.78, 5) is 4.03. The second-order valence-electron chi connectivity index (χ2n) is 3.57. The molecule has 1 aromatic heterocycles. The molecule has 1 aromatic rings. The van der Waals surface area contributed by atoms with Gasteiger partial charge in [-0.1, -0.05) is 0 Å². The van der Waals surface area contributed by atoms with Crippen LogP contribution in [0, 0.1) is 0 Å². The van der Waals surface area contributed by atoms with Crippen LogP contribution in [0.2, 0.25) is 0 Å². The second-order valence-corrected chi connectivity index (χ2v) is 3.57. The zero-order valence-electron chi connectivity index (χ0n) is 8.16. The number of pyridine rings is 1. The smallest absolute Gasteiger partial charge is 0.137 e. The Morgan fingerprint density at radius 2 is 2.43 bits per heavy atom. The van der Waals surface area contributed by atoms with Gasteiger partial charge in [-0.05, 0) is 19.0 Å². The molecular formula is C10H14N2O2. The van der Waals surface area contributed by atoms with Crippen molar-refractivity contribution in [3.8, 4) is 5.75 Å². The van der Waals surface area contributed by atoms with Crippen molar-refractivity contribution < 1.29 is 9.84 Å². The minimum Gasteiger partial charge on any atom is -0.495 e. The van der Waals surface area contributed by atoms with E-state index in [9.17, 15) is 5.11 Å². The summed E-state index contributed by atoms with van der Waals surface area (Å²) < 4.78 is 5.07. The van der Waals surface area contributed by atoms with E-state index in [4.69, 9.17) is 4.74 Å². The van der Waals surface area contributed by atoms with Crippen LogP contribution in [-0.4, -0.2) is 30.3 Å². The maximum atomic E-state index is 10.2. The third-order valence-electron chi connectivity index (χ3n) is 2.62. The molecule has 14 heavy (non-hydrogen) atoms. The summed E-state index contributed by atoms with van der Waals surface area (Å²) in [5.74, 6) is 0.683. The summed E-state index contributed by atoms with van der Waals surface area (Å²) in [6.07, 6.45) is 4.05. The summed E-state index contributed by atoms with van der Waals surface area (Å²) in [5.41, 5.74) is 0.0449. The molecule has 1 saturated heterocycles. The SMILES string of the molecule is COc1cncc([C@]2(O)CCNC2)c1. The lowest BCUT2D eigenvalue weighted by Crippen LogP contribution is -2.28. The molecule has 2 N–H and O–H groups in total. The van der Waals surface area contributed by atoms with E-state index in [1.54, 1.807) is 19.5 Å². The number of aromatic nitrogens is 1. The average Bonchev–Trinajstić information content (AvgIpc) is 2.67. The lowest BCUT2D eigenvalue weighted by Gasteiger charge is -2.21. The molecule has 76 valence electrons. The number of β-amino-alcohol motifs (C(OH)–C–C–N with tert-alkyl or cyclic N) is 1. The first kappa shape index (κ1) is 9.43. The van der Waals surface area contributed by atoms with Gasteiger partial charge in [-0.15, -0.1) is 0 Å². The minimum atomic E-state index is -0.776. The summed E-state index contributed by atoms with van der Waals surface area (Å²) in [7, 11) is 1.59. The minimum absolute atomic E-state index is 0.585. The monoisotopic (exact) mass is 194 g/mol. The van der Waals surface area contributed by atoms with Gasteiger partial charge in [0.15, 0.2) is 0 Å². The molecule has 0 spiro atoms. The van der Waals surface area contributed by atoms with Crippen molar-refractivity contribution in [1.82, 2.24) is 10.3 Å². The largest absolute Gasteiger partial charge is 0.495 e. The van der Waals surface area contributed by atoms with Crippen LogP contribution in [0.1, 0.15) is 12.0 Å². The van der Waals surface area contributed by atoms with Crippen LogP contribution in [-0.2, 0) is 5.60 Å². The maximum absolute atomic E-state index is 10.2. The van der Waals surface area contributed by atoms with Crippen LogP contribution < -0.4 is 10.1 Å². The number of hydrogen-bond donors (Lipinski definition) is 2. The number of rotatable bonds is 2. The topological polar surface area (TPSA) is 54.4 Å². The summed E-state index contributed by atoms with van der Waals surface area (Å²) in [6, 6.07) is 1.83. The van der Waals surface area contributed by atoms with Gasteiger partial charge in [-0.25, -0.2) is 0 Å². The first-order chi connectivity index (χ1) is 6.74. The van der Waals surface area contributed by atoms with E-state index >= 15 is 0 Å². The van der Waals surface area contributed by atoms with Crippen LogP contribution in [0.25, 0.3) is 0 Å². The molecule has 1 aliphatic rings. The summed E-state index contributed by atoms with van der Waals surface area (Å²) in [6.45, 7) is 1.43. The Morgan fingerprint density at radius 1 is 1.57 bits per heavy atom. The molecule has 1 atom stereocenters. The molecule has 0 amide bonds. The maximum Gasteiger partial charge on any atom is 0.137 e.